The molecule has 4 nitrogen and oxygen atoms in total. The molecular weight excluding hydrogens is 224 g/mol. The third-order valence-electron chi connectivity index (χ3n) is 2.88. The first kappa shape index (κ1) is 12.5. The van der Waals surface area contributed by atoms with E-state index in [0.29, 0.717) is 5.92 Å². The van der Waals surface area contributed by atoms with Gasteiger partial charge in [-0.25, -0.2) is 9.97 Å². The summed E-state index contributed by atoms with van der Waals surface area (Å²) in [7, 11) is 0. The average Bonchev–Trinajstić information content (AvgIpc) is 2.38. The molecule has 94 valence electrons. The second kappa shape index (κ2) is 5.58. The monoisotopic (exact) mass is 242 g/mol. The lowest BCUT2D eigenvalue weighted by Gasteiger charge is -2.09. The number of pyridine rings is 1. The Kier molecular flexibility index (Phi) is 3.87. The topological polar surface area (TPSA) is 50.7 Å². The number of nitrogens with zero attached hydrogens (tertiary/aromatic N) is 3. The van der Waals surface area contributed by atoms with Crippen LogP contribution >= 0.6 is 0 Å². The van der Waals surface area contributed by atoms with E-state index in [1.165, 1.54) is 11.1 Å². The Morgan fingerprint density at radius 3 is 2.83 bits per heavy atom. The van der Waals surface area contributed by atoms with Gasteiger partial charge >= 0.3 is 0 Å². The second-order valence-corrected chi connectivity index (χ2v) is 4.64. The van der Waals surface area contributed by atoms with Gasteiger partial charge in [-0.05, 0) is 30.0 Å². The largest absolute Gasteiger partial charge is 0.366 e. The minimum Gasteiger partial charge on any atom is -0.366 e. The molecule has 1 N–H and O–H groups in total. The lowest BCUT2D eigenvalue weighted by Crippen LogP contribution is -2.05. The number of hydrogen-bond donors (Lipinski definition) is 1. The van der Waals surface area contributed by atoms with Gasteiger partial charge in [-0.1, -0.05) is 13.8 Å². The van der Waals surface area contributed by atoms with Crippen LogP contribution in [0, 0.1) is 6.92 Å². The van der Waals surface area contributed by atoms with E-state index in [1.54, 1.807) is 6.33 Å². The Morgan fingerprint density at radius 2 is 2.11 bits per heavy atom. The summed E-state index contributed by atoms with van der Waals surface area (Å²) in [5.41, 5.74) is 3.47. The Hall–Kier alpha value is -1.97. The molecule has 0 saturated carbocycles. The maximum atomic E-state index is 4.25. The van der Waals surface area contributed by atoms with E-state index in [0.717, 1.165) is 18.1 Å². The van der Waals surface area contributed by atoms with Crippen LogP contribution in [0.25, 0.3) is 0 Å². The van der Waals surface area contributed by atoms with Gasteiger partial charge in [-0.15, -0.1) is 0 Å². The molecular formula is C14H18N4. The summed E-state index contributed by atoms with van der Waals surface area (Å²) in [5.74, 6) is 1.28. The molecule has 2 heterocycles. The van der Waals surface area contributed by atoms with E-state index in [2.05, 4.69) is 41.0 Å². The molecule has 0 aliphatic carbocycles. The standard InChI is InChI=1S/C14H18N4/c1-10(2)13-6-14(18-9-17-13)16-8-12-4-5-15-7-11(12)3/h4-7,9-10H,8H2,1-3H3,(H,16,17,18). The van der Waals surface area contributed by atoms with Gasteiger partial charge in [0.05, 0.1) is 0 Å². The van der Waals surface area contributed by atoms with E-state index in [9.17, 15) is 0 Å². The van der Waals surface area contributed by atoms with Crippen molar-refractivity contribution in [3.63, 3.8) is 0 Å². The highest BCUT2D eigenvalue weighted by molar-refractivity contribution is 5.37. The van der Waals surface area contributed by atoms with E-state index in [1.807, 2.05) is 24.5 Å². The van der Waals surface area contributed by atoms with E-state index in [-0.39, 0.29) is 0 Å². The van der Waals surface area contributed by atoms with E-state index >= 15 is 0 Å². The Bertz CT molecular complexity index is 523. The minimum atomic E-state index is 0.413. The zero-order valence-electron chi connectivity index (χ0n) is 11.0. The predicted octanol–water partition coefficient (Wildman–Crippen LogP) is 2.92. The number of aryl methyl sites for hydroxylation is 1. The molecule has 0 fully saturated rings. The van der Waals surface area contributed by atoms with Crippen LogP contribution in [-0.4, -0.2) is 15.0 Å². The zero-order chi connectivity index (χ0) is 13.0. The third kappa shape index (κ3) is 3.03. The van der Waals surface area contributed by atoms with Gasteiger partial charge in [0.25, 0.3) is 0 Å². The molecule has 0 aliphatic rings. The maximum absolute atomic E-state index is 4.25. The van der Waals surface area contributed by atoms with Crippen molar-refractivity contribution in [2.75, 3.05) is 5.32 Å². The third-order valence-corrected chi connectivity index (χ3v) is 2.88. The summed E-state index contributed by atoms with van der Waals surface area (Å²) >= 11 is 0. The quantitative estimate of drug-likeness (QED) is 0.895. The van der Waals surface area contributed by atoms with Crippen molar-refractivity contribution < 1.29 is 0 Å². The Morgan fingerprint density at radius 1 is 1.28 bits per heavy atom. The molecule has 0 atom stereocenters. The molecule has 18 heavy (non-hydrogen) atoms. The van der Waals surface area contributed by atoms with Gasteiger partial charge in [0, 0.05) is 30.7 Å². The lowest BCUT2D eigenvalue weighted by atomic mass is 10.1. The predicted molar refractivity (Wildman–Crippen MR) is 72.4 cm³/mol. The summed E-state index contributed by atoms with van der Waals surface area (Å²) in [4.78, 5) is 12.6. The first-order valence-corrected chi connectivity index (χ1v) is 6.12. The van der Waals surface area contributed by atoms with Gasteiger partial charge in [-0.3, -0.25) is 4.98 Å². The molecule has 0 unspecified atom stereocenters. The van der Waals surface area contributed by atoms with Crippen molar-refractivity contribution in [3.8, 4) is 0 Å². The molecule has 0 saturated heterocycles. The number of nitrogens with one attached hydrogen (secondary N) is 1. The van der Waals surface area contributed by atoms with Crippen LogP contribution in [0.2, 0.25) is 0 Å². The fraction of sp³-hybridized carbons (Fsp3) is 0.357. The fourth-order valence-corrected chi connectivity index (χ4v) is 1.67. The van der Waals surface area contributed by atoms with Crippen molar-refractivity contribution >= 4 is 5.82 Å². The molecule has 0 radical (unpaired) electrons. The van der Waals surface area contributed by atoms with Gasteiger partial charge in [0.1, 0.15) is 12.1 Å². The smallest absolute Gasteiger partial charge is 0.129 e. The van der Waals surface area contributed by atoms with Crippen LogP contribution in [0.1, 0.15) is 36.6 Å². The molecule has 2 rings (SSSR count). The maximum Gasteiger partial charge on any atom is 0.129 e. The molecule has 0 aromatic carbocycles. The van der Waals surface area contributed by atoms with E-state index in [4.69, 9.17) is 0 Å². The normalized spacial score (nSPS) is 10.7. The van der Waals surface area contributed by atoms with Crippen LogP contribution in [-0.2, 0) is 6.54 Å². The van der Waals surface area contributed by atoms with Crippen molar-refractivity contribution in [1.29, 1.82) is 0 Å². The molecule has 0 bridgehead atoms. The van der Waals surface area contributed by atoms with Crippen LogP contribution in [0.4, 0.5) is 5.82 Å². The minimum absolute atomic E-state index is 0.413. The van der Waals surface area contributed by atoms with Gasteiger partial charge < -0.3 is 5.32 Å². The fourth-order valence-electron chi connectivity index (χ4n) is 1.67. The summed E-state index contributed by atoms with van der Waals surface area (Å²) in [6.07, 6.45) is 5.29. The van der Waals surface area contributed by atoms with Crippen molar-refractivity contribution in [2.24, 2.45) is 0 Å². The first-order chi connectivity index (χ1) is 8.66. The summed E-state index contributed by atoms with van der Waals surface area (Å²) < 4.78 is 0. The molecule has 4 heteroatoms. The molecule has 0 spiro atoms. The first-order valence-electron chi connectivity index (χ1n) is 6.12. The molecule has 0 aliphatic heterocycles. The van der Waals surface area contributed by atoms with Gasteiger partial charge in [0.15, 0.2) is 0 Å². The molecule has 0 amide bonds. The summed E-state index contributed by atoms with van der Waals surface area (Å²) in [6.45, 7) is 7.06. The van der Waals surface area contributed by atoms with Crippen LogP contribution in [0.15, 0.2) is 30.9 Å². The molecule has 2 aromatic rings. The number of anilines is 1. The summed E-state index contributed by atoms with van der Waals surface area (Å²) in [6, 6.07) is 4.02. The zero-order valence-corrected chi connectivity index (χ0v) is 11.0. The van der Waals surface area contributed by atoms with Crippen LogP contribution < -0.4 is 5.32 Å². The van der Waals surface area contributed by atoms with Gasteiger partial charge in [-0.2, -0.15) is 0 Å². The number of rotatable bonds is 4. The molecule has 2 aromatic heterocycles. The van der Waals surface area contributed by atoms with Crippen molar-refractivity contribution in [3.05, 3.63) is 47.7 Å². The summed E-state index contributed by atoms with van der Waals surface area (Å²) in [5, 5.41) is 3.32. The highest BCUT2D eigenvalue weighted by atomic mass is 15.0. The lowest BCUT2D eigenvalue weighted by molar-refractivity contribution is 0.813. The number of hydrogen-bond acceptors (Lipinski definition) is 4. The SMILES string of the molecule is Cc1cnccc1CNc1cc(C(C)C)ncn1. The average molecular weight is 242 g/mol. The number of aromatic nitrogens is 3. The van der Waals surface area contributed by atoms with Gasteiger partial charge in [0.2, 0.25) is 0 Å². The Labute approximate surface area is 108 Å². The van der Waals surface area contributed by atoms with E-state index < -0.39 is 0 Å². The van der Waals surface area contributed by atoms with Crippen LogP contribution in [0.3, 0.4) is 0 Å². The van der Waals surface area contributed by atoms with Crippen molar-refractivity contribution in [2.45, 2.75) is 33.2 Å². The van der Waals surface area contributed by atoms with Crippen LogP contribution in [0.5, 0.6) is 0 Å². The highest BCUT2D eigenvalue weighted by Crippen LogP contribution is 2.14. The van der Waals surface area contributed by atoms with Crippen molar-refractivity contribution in [1.82, 2.24) is 15.0 Å². The second-order valence-electron chi connectivity index (χ2n) is 4.64. The Balaban J connectivity index is 2.07. The highest BCUT2D eigenvalue weighted by Gasteiger charge is 2.03.